The second-order valence-corrected chi connectivity index (χ2v) is 8.27. The highest BCUT2D eigenvalue weighted by Crippen LogP contribution is 2.16. The molecule has 1 atom stereocenters. The highest BCUT2D eigenvalue weighted by Gasteiger charge is 2.34. The first kappa shape index (κ1) is 17.9. The third-order valence-corrected chi connectivity index (χ3v) is 6.36. The van der Waals surface area contributed by atoms with E-state index < -0.39 is 10.0 Å². The Labute approximate surface area is 138 Å². The average molecular weight is 340 g/mol. The largest absolute Gasteiger partial charge is 0.344 e. The lowest BCUT2D eigenvalue weighted by atomic mass is 10.2. The smallest absolute Gasteiger partial charge is 0.280 e. The molecule has 128 valence electrons. The van der Waals surface area contributed by atoms with Crippen molar-refractivity contribution in [2.45, 2.75) is 24.8 Å². The van der Waals surface area contributed by atoms with Crippen LogP contribution in [0.15, 0.2) is 29.2 Å². The Morgan fingerprint density at radius 1 is 1.17 bits per heavy atom. The van der Waals surface area contributed by atoms with Gasteiger partial charge in [-0.2, -0.15) is 4.31 Å². The molecule has 23 heavy (non-hydrogen) atoms. The Morgan fingerprint density at radius 2 is 1.70 bits per heavy atom. The van der Waals surface area contributed by atoms with E-state index in [0.717, 1.165) is 10.5 Å². The van der Waals surface area contributed by atoms with Crippen molar-refractivity contribution in [2.24, 2.45) is 0 Å². The second-order valence-electron chi connectivity index (χ2n) is 6.33. The molecule has 6 nitrogen and oxygen atoms in total. The zero-order valence-electron chi connectivity index (χ0n) is 14.2. The molecule has 0 aliphatic carbocycles. The molecule has 1 aromatic rings. The average Bonchev–Trinajstić information content (AvgIpc) is 2.54. The number of rotatable bonds is 4. The summed E-state index contributed by atoms with van der Waals surface area (Å²) in [5.41, 5.74) is 1.04. The SMILES string of the molecule is Cc1ccc(S(=O)(=O)N2CC[NH+]([C@H](C)C(=O)N(C)C)CC2)cc1. The summed E-state index contributed by atoms with van der Waals surface area (Å²) in [7, 11) is 0.0530. The summed E-state index contributed by atoms with van der Waals surface area (Å²) < 4.78 is 26.8. The molecule has 1 saturated heterocycles. The number of likely N-dealkylation sites (N-methyl/N-ethyl adjacent to an activating group) is 1. The molecule has 0 unspecified atom stereocenters. The molecule has 0 radical (unpaired) electrons. The van der Waals surface area contributed by atoms with Gasteiger partial charge in [0, 0.05) is 14.1 Å². The highest BCUT2D eigenvalue weighted by molar-refractivity contribution is 7.89. The minimum atomic E-state index is -3.44. The summed E-state index contributed by atoms with van der Waals surface area (Å²) in [6, 6.07) is 6.79. The maximum Gasteiger partial charge on any atom is 0.280 e. The van der Waals surface area contributed by atoms with E-state index in [1.54, 1.807) is 31.1 Å². The van der Waals surface area contributed by atoms with E-state index in [-0.39, 0.29) is 11.9 Å². The fourth-order valence-electron chi connectivity index (χ4n) is 2.87. The van der Waals surface area contributed by atoms with Gasteiger partial charge in [-0.25, -0.2) is 8.42 Å². The topological polar surface area (TPSA) is 62.1 Å². The molecule has 1 aliphatic heterocycles. The number of sulfonamides is 1. The number of hydrogen-bond donors (Lipinski definition) is 1. The van der Waals surface area contributed by atoms with Crippen molar-refractivity contribution >= 4 is 15.9 Å². The van der Waals surface area contributed by atoms with Gasteiger partial charge >= 0.3 is 0 Å². The van der Waals surface area contributed by atoms with E-state index in [9.17, 15) is 13.2 Å². The van der Waals surface area contributed by atoms with Crippen LogP contribution in [0, 0.1) is 6.92 Å². The molecular weight excluding hydrogens is 314 g/mol. The van der Waals surface area contributed by atoms with Crippen LogP contribution in [0.3, 0.4) is 0 Å². The first-order chi connectivity index (χ1) is 10.7. The van der Waals surface area contributed by atoms with Crippen molar-refractivity contribution < 1.29 is 18.1 Å². The van der Waals surface area contributed by atoms with Crippen LogP contribution in [-0.4, -0.2) is 69.8 Å². The third-order valence-electron chi connectivity index (χ3n) is 4.45. The predicted octanol–water partition coefficient (Wildman–Crippen LogP) is -0.639. The fourth-order valence-corrected chi connectivity index (χ4v) is 4.31. The Morgan fingerprint density at radius 3 is 2.17 bits per heavy atom. The number of aryl methyl sites for hydroxylation is 1. The van der Waals surface area contributed by atoms with Crippen molar-refractivity contribution in [1.82, 2.24) is 9.21 Å². The third kappa shape index (κ3) is 3.91. The maximum absolute atomic E-state index is 12.7. The standard InChI is InChI=1S/C16H25N3O3S/c1-13-5-7-15(8-6-13)23(21,22)19-11-9-18(10-12-19)14(2)16(20)17(3)4/h5-8,14H,9-12H2,1-4H3/p+1/t14-/m1/s1. The molecule has 0 spiro atoms. The van der Waals surface area contributed by atoms with Gasteiger partial charge < -0.3 is 9.80 Å². The van der Waals surface area contributed by atoms with Gasteiger partial charge in [0.15, 0.2) is 6.04 Å². The zero-order valence-corrected chi connectivity index (χ0v) is 15.1. The van der Waals surface area contributed by atoms with E-state index in [1.807, 2.05) is 26.0 Å². The molecule has 0 saturated carbocycles. The van der Waals surface area contributed by atoms with Crippen molar-refractivity contribution in [3.63, 3.8) is 0 Å². The van der Waals surface area contributed by atoms with Crippen molar-refractivity contribution in [3.8, 4) is 0 Å². The van der Waals surface area contributed by atoms with Crippen molar-refractivity contribution in [2.75, 3.05) is 40.3 Å². The van der Waals surface area contributed by atoms with E-state index >= 15 is 0 Å². The molecule has 1 aliphatic rings. The molecule has 1 fully saturated rings. The number of hydrogen-bond acceptors (Lipinski definition) is 3. The van der Waals surface area contributed by atoms with Crippen LogP contribution in [-0.2, 0) is 14.8 Å². The quantitative estimate of drug-likeness (QED) is 0.793. The lowest BCUT2D eigenvalue weighted by molar-refractivity contribution is -0.917. The van der Waals surface area contributed by atoms with Crippen LogP contribution in [0.4, 0.5) is 0 Å². The summed E-state index contributed by atoms with van der Waals surface area (Å²) in [6.45, 7) is 6.01. The van der Waals surface area contributed by atoms with Gasteiger partial charge in [0.05, 0.1) is 31.1 Å². The number of carbonyl (C=O) groups is 1. The van der Waals surface area contributed by atoms with Gasteiger partial charge in [-0.05, 0) is 26.0 Å². The summed E-state index contributed by atoms with van der Waals surface area (Å²) in [6.07, 6.45) is 0. The van der Waals surface area contributed by atoms with E-state index in [2.05, 4.69) is 0 Å². The Balaban J connectivity index is 2.04. The summed E-state index contributed by atoms with van der Waals surface area (Å²) in [5.74, 6) is 0.0786. The molecule has 0 bridgehead atoms. The van der Waals surface area contributed by atoms with E-state index in [1.165, 1.54) is 4.31 Å². The normalized spacial score (nSPS) is 18.6. The van der Waals surface area contributed by atoms with Gasteiger partial charge in [-0.15, -0.1) is 0 Å². The van der Waals surface area contributed by atoms with Gasteiger partial charge in [-0.3, -0.25) is 4.79 Å². The molecule has 7 heteroatoms. The minimum absolute atomic E-state index is 0.0786. The van der Waals surface area contributed by atoms with Crippen molar-refractivity contribution in [3.05, 3.63) is 29.8 Å². The molecular formula is C16H26N3O3S+. The second kappa shape index (κ2) is 6.98. The van der Waals surface area contributed by atoms with Crippen LogP contribution in [0.25, 0.3) is 0 Å². The molecule has 0 aromatic heterocycles. The molecule has 1 N–H and O–H groups in total. The van der Waals surface area contributed by atoms with E-state index in [4.69, 9.17) is 0 Å². The number of nitrogens with zero attached hydrogens (tertiary/aromatic N) is 2. The lowest BCUT2D eigenvalue weighted by Gasteiger charge is -2.34. The number of nitrogens with one attached hydrogen (secondary N) is 1. The minimum Gasteiger partial charge on any atom is -0.344 e. The molecule has 1 heterocycles. The number of carbonyl (C=O) groups excluding carboxylic acids is 1. The van der Waals surface area contributed by atoms with Crippen LogP contribution in [0.2, 0.25) is 0 Å². The van der Waals surface area contributed by atoms with Crippen LogP contribution < -0.4 is 4.90 Å². The Bertz CT molecular complexity index is 648. The fraction of sp³-hybridized carbons (Fsp3) is 0.562. The van der Waals surface area contributed by atoms with Crippen LogP contribution in [0.1, 0.15) is 12.5 Å². The summed E-state index contributed by atoms with van der Waals surface area (Å²) >= 11 is 0. The Hall–Kier alpha value is -1.44. The van der Waals surface area contributed by atoms with Crippen LogP contribution >= 0.6 is 0 Å². The number of benzene rings is 1. The summed E-state index contributed by atoms with van der Waals surface area (Å²) in [4.78, 5) is 15.1. The van der Waals surface area contributed by atoms with E-state index in [0.29, 0.717) is 31.1 Å². The first-order valence-corrected chi connectivity index (χ1v) is 9.30. The lowest BCUT2D eigenvalue weighted by Crippen LogP contribution is -3.19. The van der Waals surface area contributed by atoms with Gasteiger partial charge in [-0.1, -0.05) is 17.7 Å². The van der Waals surface area contributed by atoms with Gasteiger partial charge in [0.1, 0.15) is 0 Å². The van der Waals surface area contributed by atoms with Gasteiger partial charge in [0.25, 0.3) is 5.91 Å². The molecule has 1 aromatic carbocycles. The molecule has 1 amide bonds. The number of amides is 1. The van der Waals surface area contributed by atoms with Crippen LogP contribution in [0.5, 0.6) is 0 Å². The van der Waals surface area contributed by atoms with Crippen molar-refractivity contribution in [1.29, 1.82) is 0 Å². The Kier molecular flexibility index (Phi) is 5.44. The first-order valence-electron chi connectivity index (χ1n) is 7.86. The van der Waals surface area contributed by atoms with Gasteiger partial charge in [0.2, 0.25) is 10.0 Å². The highest BCUT2D eigenvalue weighted by atomic mass is 32.2. The maximum atomic E-state index is 12.7. The summed E-state index contributed by atoms with van der Waals surface area (Å²) in [5, 5.41) is 0. The number of quaternary nitrogens is 1. The predicted molar refractivity (Wildman–Crippen MR) is 88.8 cm³/mol. The molecule has 2 rings (SSSR count). The number of piperazine rings is 1. The monoisotopic (exact) mass is 340 g/mol. The zero-order chi connectivity index (χ0) is 17.2.